The van der Waals surface area contributed by atoms with Gasteiger partial charge in [-0.2, -0.15) is 0 Å². The number of nitrogens with zero attached hydrogens (tertiary/aromatic N) is 1. The molecule has 5 nitrogen and oxygen atoms in total. The second-order valence-corrected chi connectivity index (χ2v) is 7.61. The summed E-state index contributed by atoms with van der Waals surface area (Å²) >= 11 is 5.89. The van der Waals surface area contributed by atoms with E-state index in [9.17, 15) is 18.0 Å². The first-order valence-corrected chi connectivity index (χ1v) is 8.43. The molecule has 1 fully saturated rings. The van der Waals surface area contributed by atoms with Gasteiger partial charge in [0, 0.05) is 17.7 Å². The molecule has 1 aromatic carbocycles. The molecule has 1 saturated heterocycles. The Labute approximate surface area is 122 Å². The van der Waals surface area contributed by atoms with Crippen molar-refractivity contribution >= 4 is 38.9 Å². The van der Waals surface area contributed by atoms with Crippen molar-refractivity contribution in [2.24, 2.45) is 5.92 Å². The third-order valence-corrected chi connectivity index (χ3v) is 4.40. The summed E-state index contributed by atoms with van der Waals surface area (Å²) in [4.78, 5) is 25.3. The van der Waals surface area contributed by atoms with Gasteiger partial charge in [-0.3, -0.25) is 9.59 Å². The first-order chi connectivity index (χ1) is 9.19. The van der Waals surface area contributed by atoms with Crippen molar-refractivity contribution in [2.45, 2.75) is 13.3 Å². The van der Waals surface area contributed by atoms with E-state index in [0.717, 1.165) is 16.7 Å². The summed E-state index contributed by atoms with van der Waals surface area (Å²) in [5, 5.41) is 0.415. The molecule has 0 radical (unpaired) electrons. The van der Waals surface area contributed by atoms with Gasteiger partial charge in [0.1, 0.15) is 9.84 Å². The van der Waals surface area contributed by atoms with E-state index in [-0.39, 0.29) is 12.2 Å². The van der Waals surface area contributed by atoms with Crippen LogP contribution in [0, 0.1) is 12.8 Å². The zero-order valence-electron chi connectivity index (χ0n) is 11.1. The van der Waals surface area contributed by atoms with Crippen molar-refractivity contribution in [1.29, 1.82) is 0 Å². The Balaban J connectivity index is 2.36. The van der Waals surface area contributed by atoms with Gasteiger partial charge in [-0.25, -0.2) is 13.3 Å². The monoisotopic (exact) mass is 315 g/mol. The number of sulfone groups is 1. The van der Waals surface area contributed by atoms with Crippen LogP contribution in [0.25, 0.3) is 0 Å². The molecule has 2 rings (SSSR count). The second-order valence-electron chi connectivity index (χ2n) is 4.99. The summed E-state index contributed by atoms with van der Waals surface area (Å²) in [6.45, 7) is 1.76. The summed E-state index contributed by atoms with van der Waals surface area (Å²) < 4.78 is 22.6. The number of carbonyl (C=O) groups excluding carboxylic acids is 2. The normalized spacial score (nSPS) is 19.8. The van der Waals surface area contributed by atoms with Crippen molar-refractivity contribution in [3.63, 3.8) is 0 Å². The van der Waals surface area contributed by atoms with Gasteiger partial charge < -0.3 is 0 Å². The zero-order valence-corrected chi connectivity index (χ0v) is 12.7. The average Bonchev–Trinajstić information content (AvgIpc) is 2.56. The number of imide groups is 1. The SMILES string of the molecule is Cc1ccc(Cl)cc1N1C(=O)CC(CS(C)(=O)=O)C1=O. The van der Waals surface area contributed by atoms with E-state index in [2.05, 4.69) is 0 Å². The molecule has 108 valence electrons. The van der Waals surface area contributed by atoms with E-state index < -0.39 is 27.6 Å². The topological polar surface area (TPSA) is 71.5 Å². The van der Waals surface area contributed by atoms with Crippen LogP contribution in [0.3, 0.4) is 0 Å². The minimum Gasteiger partial charge on any atom is -0.274 e. The lowest BCUT2D eigenvalue weighted by molar-refractivity contribution is -0.122. The molecule has 0 saturated carbocycles. The molecule has 0 aliphatic carbocycles. The van der Waals surface area contributed by atoms with Gasteiger partial charge in [-0.05, 0) is 24.6 Å². The molecule has 1 heterocycles. The fourth-order valence-electron chi connectivity index (χ4n) is 2.27. The molecular formula is C13H14ClNO4S. The first-order valence-electron chi connectivity index (χ1n) is 6.00. The fourth-order valence-corrected chi connectivity index (χ4v) is 3.42. The highest BCUT2D eigenvalue weighted by Gasteiger charge is 2.41. The maximum atomic E-state index is 12.3. The zero-order chi connectivity index (χ0) is 15.1. The Hall–Kier alpha value is -1.40. The summed E-state index contributed by atoms with van der Waals surface area (Å²) in [6.07, 6.45) is 0.968. The van der Waals surface area contributed by atoms with E-state index in [1.807, 2.05) is 0 Å². The molecule has 1 unspecified atom stereocenters. The van der Waals surface area contributed by atoms with Crippen LogP contribution in [-0.4, -0.2) is 32.2 Å². The fraction of sp³-hybridized carbons (Fsp3) is 0.385. The molecule has 2 amide bonds. The number of anilines is 1. The van der Waals surface area contributed by atoms with Gasteiger partial charge in [-0.15, -0.1) is 0 Å². The van der Waals surface area contributed by atoms with Crippen LogP contribution in [-0.2, 0) is 19.4 Å². The molecule has 0 aromatic heterocycles. The van der Waals surface area contributed by atoms with Gasteiger partial charge in [0.15, 0.2) is 0 Å². The highest BCUT2D eigenvalue weighted by atomic mass is 35.5. The third kappa shape index (κ3) is 3.02. The molecule has 0 bridgehead atoms. The Morgan fingerprint density at radius 3 is 2.60 bits per heavy atom. The molecular weight excluding hydrogens is 302 g/mol. The van der Waals surface area contributed by atoms with E-state index in [1.54, 1.807) is 19.1 Å². The molecule has 1 aromatic rings. The van der Waals surface area contributed by atoms with Crippen molar-refractivity contribution in [2.75, 3.05) is 16.9 Å². The van der Waals surface area contributed by atoms with Gasteiger partial charge in [0.2, 0.25) is 11.8 Å². The minimum absolute atomic E-state index is 0.0855. The molecule has 7 heteroatoms. The summed E-state index contributed by atoms with van der Waals surface area (Å²) in [5.41, 5.74) is 1.15. The van der Waals surface area contributed by atoms with Crippen LogP contribution in [0.5, 0.6) is 0 Å². The Bertz CT molecular complexity index is 684. The van der Waals surface area contributed by atoms with Gasteiger partial charge in [0.25, 0.3) is 0 Å². The Kier molecular flexibility index (Phi) is 3.88. The molecule has 1 aliphatic rings. The van der Waals surface area contributed by atoms with E-state index in [0.29, 0.717) is 10.7 Å². The number of carbonyl (C=O) groups is 2. The quantitative estimate of drug-likeness (QED) is 0.794. The second kappa shape index (κ2) is 5.18. The summed E-state index contributed by atoms with van der Waals surface area (Å²) in [6, 6.07) is 4.91. The minimum atomic E-state index is -3.31. The molecule has 1 atom stereocenters. The number of rotatable bonds is 3. The van der Waals surface area contributed by atoms with Crippen LogP contribution in [0.4, 0.5) is 5.69 Å². The lowest BCUT2D eigenvalue weighted by atomic mass is 10.1. The van der Waals surface area contributed by atoms with Gasteiger partial charge in [-0.1, -0.05) is 17.7 Å². The number of halogens is 1. The third-order valence-electron chi connectivity index (χ3n) is 3.16. The van der Waals surface area contributed by atoms with Crippen LogP contribution in [0.2, 0.25) is 5.02 Å². The van der Waals surface area contributed by atoms with Crippen LogP contribution in [0.1, 0.15) is 12.0 Å². The summed E-state index contributed by atoms with van der Waals surface area (Å²) in [5.74, 6) is -2.00. The predicted molar refractivity (Wildman–Crippen MR) is 76.5 cm³/mol. The van der Waals surface area contributed by atoms with Gasteiger partial charge in [0.05, 0.1) is 17.4 Å². The molecule has 0 N–H and O–H groups in total. The molecule has 1 aliphatic heterocycles. The van der Waals surface area contributed by atoms with Crippen molar-refractivity contribution in [1.82, 2.24) is 0 Å². The average molecular weight is 316 g/mol. The Morgan fingerprint density at radius 2 is 2.00 bits per heavy atom. The molecule has 20 heavy (non-hydrogen) atoms. The van der Waals surface area contributed by atoms with Crippen LogP contribution >= 0.6 is 11.6 Å². The Morgan fingerprint density at radius 1 is 1.35 bits per heavy atom. The first kappa shape index (κ1) is 15.0. The lowest BCUT2D eigenvalue weighted by Crippen LogP contribution is -2.32. The maximum absolute atomic E-state index is 12.3. The highest BCUT2D eigenvalue weighted by Crippen LogP contribution is 2.31. The van der Waals surface area contributed by atoms with Gasteiger partial charge >= 0.3 is 0 Å². The van der Waals surface area contributed by atoms with E-state index in [4.69, 9.17) is 11.6 Å². The molecule has 0 spiro atoms. The number of hydrogen-bond acceptors (Lipinski definition) is 4. The number of hydrogen-bond donors (Lipinski definition) is 0. The smallest absolute Gasteiger partial charge is 0.238 e. The number of amides is 2. The van der Waals surface area contributed by atoms with Crippen molar-refractivity contribution in [3.05, 3.63) is 28.8 Å². The highest BCUT2D eigenvalue weighted by molar-refractivity contribution is 7.90. The number of benzene rings is 1. The largest absolute Gasteiger partial charge is 0.274 e. The van der Waals surface area contributed by atoms with Crippen LogP contribution in [0.15, 0.2) is 18.2 Å². The lowest BCUT2D eigenvalue weighted by Gasteiger charge is -2.17. The van der Waals surface area contributed by atoms with E-state index in [1.165, 1.54) is 6.07 Å². The number of aryl methyl sites for hydroxylation is 1. The standard InChI is InChI=1S/C13H14ClNO4S/c1-8-3-4-10(14)6-11(8)15-12(16)5-9(13(15)17)7-20(2,18)19/h3-4,6,9H,5,7H2,1-2H3. The van der Waals surface area contributed by atoms with Crippen molar-refractivity contribution < 1.29 is 18.0 Å². The van der Waals surface area contributed by atoms with E-state index >= 15 is 0 Å². The van der Waals surface area contributed by atoms with Crippen molar-refractivity contribution in [3.8, 4) is 0 Å². The van der Waals surface area contributed by atoms with Crippen LogP contribution < -0.4 is 4.90 Å². The maximum Gasteiger partial charge on any atom is 0.238 e. The summed E-state index contributed by atoms with van der Waals surface area (Å²) in [7, 11) is -3.31. The predicted octanol–water partition coefficient (Wildman–Crippen LogP) is 1.57.